The molecule has 2 heterocycles. The second kappa shape index (κ2) is 11.4. The van der Waals surface area contributed by atoms with Gasteiger partial charge in [-0.2, -0.15) is 0 Å². The van der Waals surface area contributed by atoms with E-state index in [1.54, 1.807) is 13.4 Å². The molecule has 1 aromatic heterocycles. The summed E-state index contributed by atoms with van der Waals surface area (Å²) >= 11 is 0. The molecule has 1 aliphatic heterocycles. The van der Waals surface area contributed by atoms with Gasteiger partial charge in [-0.25, -0.2) is 0 Å². The Hall–Kier alpha value is -2.84. The van der Waals surface area contributed by atoms with Crippen LogP contribution in [0.15, 0.2) is 53.1 Å². The molecule has 1 fully saturated rings. The lowest BCUT2D eigenvalue weighted by atomic mass is 10.1. The molecule has 3 N–H and O–H groups in total. The van der Waals surface area contributed by atoms with Gasteiger partial charge in [0.15, 0.2) is 11.8 Å². The summed E-state index contributed by atoms with van der Waals surface area (Å²) in [5, 5.41) is 5.39. The van der Waals surface area contributed by atoms with Gasteiger partial charge in [0.05, 0.1) is 39.0 Å². The highest BCUT2D eigenvalue weighted by Gasteiger charge is 2.31. The van der Waals surface area contributed by atoms with E-state index in [1.807, 2.05) is 18.2 Å². The lowest BCUT2D eigenvalue weighted by Crippen LogP contribution is -3.15. The maximum absolute atomic E-state index is 12.2. The van der Waals surface area contributed by atoms with E-state index in [2.05, 4.69) is 39.8 Å². The predicted octanol–water partition coefficient (Wildman–Crippen LogP) is -0.00530. The zero-order valence-electron chi connectivity index (χ0n) is 17.4. The number of carbonyl (C=O) groups excluding carboxylic acids is 2. The second-order valence-corrected chi connectivity index (χ2v) is 7.36. The Morgan fingerprint density at radius 3 is 2.50 bits per heavy atom. The summed E-state index contributed by atoms with van der Waals surface area (Å²) < 4.78 is 10.6. The van der Waals surface area contributed by atoms with E-state index < -0.39 is 11.8 Å². The first kappa shape index (κ1) is 21.9. The lowest BCUT2D eigenvalue weighted by molar-refractivity contribution is -0.932. The molecule has 1 aromatic carbocycles. The molecule has 0 bridgehead atoms. The molecule has 3 rings (SSSR count). The number of nitrogens with zero attached hydrogens (tertiary/aromatic N) is 1. The fourth-order valence-electron chi connectivity index (χ4n) is 3.75. The number of amides is 2. The minimum Gasteiger partial charge on any atom is -0.463 e. The first-order valence-corrected chi connectivity index (χ1v) is 10.4. The van der Waals surface area contributed by atoms with Crippen LogP contribution in [-0.4, -0.2) is 64.8 Å². The van der Waals surface area contributed by atoms with Crippen LogP contribution in [0.1, 0.15) is 18.2 Å². The summed E-state index contributed by atoms with van der Waals surface area (Å²) in [6, 6.07) is 14.1. The van der Waals surface area contributed by atoms with E-state index in [-0.39, 0.29) is 6.04 Å². The molecular weight excluding hydrogens is 384 g/mol. The molecule has 0 unspecified atom stereocenters. The molecule has 0 aliphatic carbocycles. The first-order valence-electron chi connectivity index (χ1n) is 10.4. The average Bonchev–Trinajstić information content (AvgIpc) is 3.32. The van der Waals surface area contributed by atoms with E-state index in [1.165, 1.54) is 10.6 Å². The smallest absolute Gasteiger partial charge is 0.309 e. The van der Waals surface area contributed by atoms with Crippen LogP contribution < -0.4 is 20.4 Å². The minimum absolute atomic E-state index is 0.0387. The number of para-hydroxylation sites is 1. The number of nitrogens with one attached hydrogen (secondary N) is 3. The molecule has 1 aliphatic rings. The fraction of sp³-hybridized carbons (Fsp3) is 0.455. The number of hydrogen-bond acceptors (Lipinski definition) is 5. The zero-order valence-corrected chi connectivity index (χ0v) is 17.4. The Labute approximate surface area is 177 Å². The van der Waals surface area contributed by atoms with Gasteiger partial charge in [-0.15, -0.1) is 0 Å². The third kappa shape index (κ3) is 6.08. The summed E-state index contributed by atoms with van der Waals surface area (Å²) in [5.41, 5.74) is 1.23. The Balaban J connectivity index is 1.53. The highest BCUT2D eigenvalue weighted by atomic mass is 16.5. The monoisotopic (exact) mass is 415 g/mol. The summed E-state index contributed by atoms with van der Waals surface area (Å²) in [4.78, 5) is 27.9. The second-order valence-electron chi connectivity index (χ2n) is 7.36. The van der Waals surface area contributed by atoms with Gasteiger partial charge < -0.3 is 29.6 Å². The number of benzene rings is 1. The number of quaternary nitrogens is 1. The fourth-order valence-corrected chi connectivity index (χ4v) is 3.75. The van der Waals surface area contributed by atoms with Crippen molar-refractivity contribution >= 4 is 17.5 Å². The van der Waals surface area contributed by atoms with Crippen LogP contribution in [0.25, 0.3) is 0 Å². The number of hydrogen-bond donors (Lipinski definition) is 3. The van der Waals surface area contributed by atoms with Crippen LogP contribution in [-0.2, 0) is 14.3 Å². The zero-order chi connectivity index (χ0) is 21.2. The van der Waals surface area contributed by atoms with E-state index in [0.717, 1.165) is 31.9 Å². The quantitative estimate of drug-likeness (QED) is 0.396. The van der Waals surface area contributed by atoms with Crippen LogP contribution in [0.2, 0.25) is 0 Å². The van der Waals surface area contributed by atoms with Gasteiger partial charge in [0.2, 0.25) is 0 Å². The van der Waals surface area contributed by atoms with Crippen molar-refractivity contribution in [2.45, 2.75) is 12.5 Å². The van der Waals surface area contributed by atoms with Gasteiger partial charge >= 0.3 is 11.8 Å². The number of piperazine rings is 1. The maximum atomic E-state index is 12.2. The number of ether oxygens (including phenoxy) is 1. The van der Waals surface area contributed by atoms with Gasteiger partial charge in [-0.3, -0.25) is 9.59 Å². The highest BCUT2D eigenvalue weighted by Crippen LogP contribution is 2.14. The Kier molecular flexibility index (Phi) is 8.29. The summed E-state index contributed by atoms with van der Waals surface area (Å²) in [7, 11) is 1.60. The van der Waals surface area contributed by atoms with Gasteiger partial charge in [0.25, 0.3) is 0 Å². The summed E-state index contributed by atoms with van der Waals surface area (Å²) in [6.45, 7) is 4.97. The Morgan fingerprint density at radius 2 is 1.83 bits per heavy atom. The van der Waals surface area contributed by atoms with Crippen molar-refractivity contribution in [1.29, 1.82) is 0 Å². The van der Waals surface area contributed by atoms with Crippen LogP contribution in [0.5, 0.6) is 0 Å². The SMILES string of the molecule is COCCCNC(=O)C(=O)NC[C@@H](c1ccco1)[NH+]1CCN(c2ccccc2)CC1. The normalized spacial score (nSPS) is 15.6. The standard InChI is InChI=1S/C22H30N4O4/c1-29-15-6-10-23-21(27)22(28)24-17-19(20-9-5-16-30-20)26-13-11-25(12-14-26)18-7-3-2-4-8-18/h2-5,7-9,16,19H,6,10-15,17H2,1H3,(H,23,27)(H,24,28)/p+1/t19-/m0/s1. The van der Waals surface area contributed by atoms with Gasteiger partial charge in [0, 0.05) is 25.9 Å². The molecule has 0 radical (unpaired) electrons. The van der Waals surface area contributed by atoms with Crippen LogP contribution in [0.4, 0.5) is 5.69 Å². The molecule has 1 atom stereocenters. The Bertz CT molecular complexity index is 774. The molecule has 162 valence electrons. The molecule has 1 saturated heterocycles. The van der Waals surface area contributed by atoms with Crippen LogP contribution in [0, 0.1) is 0 Å². The van der Waals surface area contributed by atoms with Crippen molar-refractivity contribution in [3.63, 3.8) is 0 Å². The van der Waals surface area contributed by atoms with E-state index in [9.17, 15) is 9.59 Å². The van der Waals surface area contributed by atoms with E-state index in [4.69, 9.17) is 9.15 Å². The first-order chi connectivity index (χ1) is 14.7. The topological polar surface area (TPSA) is 88.2 Å². The van der Waals surface area contributed by atoms with Crippen molar-refractivity contribution < 1.29 is 23.6 Å². The van der Waals surface area contributed by atoms with Gasteiger partial charge in [-0.05, 0) is 30.7 Å². The lowest BCUT2D eigenvalue weighted by Gasteiger charge is -2.37. The van der Waals surface area contributed by atoms with Crippen LogP contribution >= 0.6 is 0 Å². The molecule has 30 heavy (non-hydrogen) atoms. The van der Waals surface area contributed by atoms with Crippen molar-refractivity contribution in [3.8, 4) is 0 Å². The maximum Gasteiger partial charge on any atom is 0.309 e. The third-order valence-electron chi connectivity index (χ3n) is 5.39. The largest absolute Gasteiger partial charge is 0.463 e. The predicted molar refractivity (Wildman–Crippen MR) is 113 cm³/mol. The van der Waals surface area contributed by atoms with Crippen molar-refractivity contribution in [2.24, 2.45) is 0 Å². The molecule has 8 heteroatoms. The van der Waals surface area contributed by atoms with Gasteiger partial charge in [-0.1, -0.05) is 18.2 Å². The molecule has 8 nitrogen and oxygen atoms in total. The van der Waals surface area contributed by atoms with Crippen molar-refractivity contribution in [3.05, 3.63) is 54.5 Å². The molecular formula is C22H31N4O4+. The molecule has 2 aromatic rings. The average molecular weight is 416 g/mol. The Morgan fingerprint density at radius 1 is 1.10 bits per heavy atom. The molecule has 2 amide bonds. The number of methoxy groups -OCH3 is 1. The number of carbonyl (C=O) groups is 2. The van der Waals surface area contributed by atoms with E-state index in [0.29, 0.717) is 26.1 Å². The van der Waals surface area contributed by atoms with Crippen molar-refractivity contribution in [2.75, 3.05) is 57.9 Å². The summed E-state index contributed by atoms with van der Waals surface area (Å²) in [6.07, 6.45) is 2.31. The number of anilines is 1. The third-order valence-corrected chi connectivity index (χ3v) is 5.39. The highest BCUT2D eigenvalue weighted by molar-refractivity contribution is 6.35. The molecule has 0 spiro atoms. The van der Waals surface area contributed by atoms with E-state index >= 15 is 0 Å². The number of rotatable bonds is 9. The van der Waals surface area contributed by atoms with Crippen LogP contribution in [0.3, 0.4) is 0 Å². The van der Waals surface area contributed by atoms with Gasteiger partial charge in [0.1, 0.15) is 0 Å². The molecule has 0 saturated carbocycles. The van der Waals surface area contributed by atoms with Crippen molar-refractivity contribution in [1.82, 2.24) is 10.6 Å². The minimum atomic E-state index is -0.619. The summed E-state index contributed by atoms with van der Waals surface area (Å²) in [5.74, 6) is -0.418. The number of furan rings is 1.